The van der Waals surface area contributed by atoms with Crippen LogP contribution in [0.3, 0.4) is 0 Å². The van der Waals surface area contributed by atoms with Gasteiger partial charge < -0.3 is 19.3 Å². The molecule has 2 heterocycles. The van der Waals surface area contributed by atoms with Gasteiger partial charge in [-0.25, -0.2) is 4.39 Å². The number of rotatable bonds is 4. The molecule has 0 aromatic rings. The van der Waals surface area contributed by atoms with Gasteiger partial charge in [-0.05, 0) is 69.6 Å². The van der Waals surface area contributed by atoms with Gasteiger partial charge in [-0.1, -0.05) is 13.0 Å². The standard InChI is InChI=1S/C26H31FO7/c1-22(2)32-19-11-14-15-10-17(27)16-9-13(28)7-8-23(16,3)25(15)20(33-25)12-24(14,4)26(19,34-22)18(29)5-6-21(30)31/h7-9,14-15,17,19-20H,5-6,10-12H2,1-4H3,(H,30,31)/t14-,15-,17-,19?,20-,23-,24-,25+,26+/m0/s1. The number of alkyl halides is 1. The van der Waals surface area contributed by atoms with E-state index >= 15 is 4.39 Å². The molecule has 6 aliphatic rings. The van der Waals surface area contributed by atoms with Crippen LogP contribution < -0.4 is 0 Å². The van der Waals surface area contributed by atoms with Crippen molar-refractivity contribution in [2.75, 3.05) is 0 Å². The van der Waals surface area contributed by atoms with Gasteiger partial charge in [0.2, 0.25) is 0 Å². The SMILES string of the molecule is CC1(C)OC2C[C@H]3[C@@H]4C[C@H](F)C5=CC(=O)C=C[C@]5(C)[C@@]45O[C@H]5C[C@]3(C)[C@]2(C(=O)CCC(=O)O)O1. The molecule has 0 radical (unpaired) electrons. The van der Waals surface area contributed by atoms with Crippen LogP contribution in [0.5, 0.6) is 0 Å². The summed E-state index contributed by atoms with van der Waals surface area (Å²) in [5.41, 5.74) is -2.85. The number of carbonyl (C=O) groups is 3. The quantitative estimate of drug-likeness (QED) is 0.624. The van der Waals surface area contributed by atoms with E-state index in [1.54, 1.807) is 13.8 Å². The first kappa shape index (κ1) is 22.6. The monoisotopic (exact) mass is 474 g/mol. The third kappa shape index (κ3) is 2.45. The molecule has 8 heteroatoms. The van der Waals surface area contributed by atoms with Gasteiger partial charge in [-0.2, -0.15) is 0 Å². The maximum Gasteiger partial charge on any atom is 0.303 e. The minimum Gasteiger partial charge on any atom is -0.481 e. The summed E-state index contributed by atoms with van der Waals surface area (Å²) < 4.78 is 34.9. The number of aliphatic carboxylic acids is 1. The van der Waals surface area contributed by atoms with Crippen LogP contribution in [-0.4, -0.2) is 58.0 Å². The zero-order chi connectivity index (χ0) is 24.5. The van der Waals surface area contributed by atoms with E-state index in [9.17, 15) is 19.5 Å². The van der Waals surface area contributed by atoms with Crippen molar-refractivity contribution in [3.63, 3.8) is 0 Å². The molecule has 0 bridgehead atoms. The maximum atomic E-state index is 15.7. The van der Waals surface area contributed by atoms with Crippen LogP contribution in [0.25, 0.3) is 0 Å². The Morgan fingerprint density at radius 2 is 1.82 bits per heavy atom. The Labute approximate surface area is 197 Å². The molecular formula is C26H31FO7. The van der Waals surface area contributed by atoms with Crippen molar-refractivity contribution in [1.82, 2.24) is 0 Å². The number of carboxylic acids is 1. The van der Waals surface area contributed by atoms with Crippen LogP contribution in [0, 0.1) is 22.7 Å². The topological polar surface area (TPSA) is 102 Å². The van der Waals surface area contributed by atoms with E-state index in [4.69, 9.17) is 14.2 Å². The zero-order valence-corrected chi connectivity index (χ0v) is 19.9. The molecule has 2 saturated heterocycles. The molecule has 3 saturated carbocycles. The van der Waals surface area contributed by atoms with Crippen LogP contribution in [0.4, 0.5) is 4.39 Å². The van der Waals surface area contributed by atoms with Crippen molar-refractivity contribution in [3.8, 4) is 0 Å². The molecule has 1 spiro atoms. The molecular weight excluding hydrogens is 443 g/mol. The van der Waals surface area contributed by atoms with Gasteiger partial charge in [0.15, 0.2) is 23.0 Å². The smallest absolute Gasteiger partial charge is 0.303 e. The number of ketones is 2. The first-order valence-corrected chi connectivity index (χ1v) is 12.2. The first-order chi connectivity index (χ1) is 15.8. The van der Waals surface area contributed by atoms with Crippen molar-refractivity contribution in [2.45, 2.75) is 95.2 Å². The Bertz CT molecular complexity index is 1080. The summed E-state index contributed by atoms with van der Waals surface area (Å²) in [4.78, 5) is 37.0. The lowest BCUT2D eigenvalue weighted by Gasteiger charge is -2.56. The second-order valence-corrected chi connectivity index (χ2v) is 11.9. The fourth-order valence-corrected chi connectivity index (χ4v) is 8.64. The molecule has 1 unspecified atom stereocenters. The Balaban J connectivity index is 1.43. The predicted molar refractivity (Wildman–Crippen MR) is 116 cm³/mol. The van der Waals surface area contributed by atoms with Crippen LogP contribution in [0.2, 0.25) is 0 Å². The predicted octanol–water partition coefficient (Wildman–Crippen LogP) is 3.31. The Morgan fingerprint density at radius 1 is 1.09 bits per heavy atom. The molecule has 4 aliphatic carbocycles. The van der Waals surface area contributed by atoms with Crippen LogP contribution in [-0.2, 0) is 28.6 Å². The normalized spacial score (nSPS) is 51.5. The molecule has 0 amide bonds. The summed E-state index contributed by atoms with van der Waals surface area (Å²) in [5, 5.41) is 9.21. The summed E-state index contributed by atoms with van der Waals surface area (Å²) >= 11 is 0. The van der Waals surface area contributed by atoms with E-state index in [2.05, 4.69) is 0 Å². The van der Waals surface area contributed by atoms with E-state index in [1.807, 2.05) is 19.9 Å². The summed E-state index contributed by atoms with van der Waals surface area (Å²) in [5.74, 6) is -2.78. The number of ether oxygens (including phenoxy) is 3. The van der Waals surface area contributed by atoms with E-state index in [0.29, 0.717) is 18.4 Å². The summed E-state index contributed by atoms with van der Waals surface area (Å²) in [6, 6.07) is 0. The lowest BCUT2D eigenvalue weighted by Crippen LogP contribution is -2.64. The van der Waals surface area contributed by atoms with Crippen molar-refractivity contribution in [1.29, 1.82) is 0 Å². The number of Topliss-reactive ketones (excluding diaryl/α,β-unsaturated/α-hetero) is 1. The molecule has 2 aliphatic heterocycles. The molecule has 184 valence electrons. The maximum absolute atomic E-state index is 15.7. The summed E-state index contributed by atoms with van der Waals surface area (Å²) in [6.07, 6.45) is 3.58. The van der Waals surface area contributed by atoms with Crippen molar-refractivity contribution < 1.29 is 38.1 Å². The highest BCUT2D eigenvalue weighted by Gasteiger charge is 2.85. The second-order valence-electron chi connectivity index (χ2n) is 11.9. The number of hydrogen-bond acceptors (Lipinski definition) is 6. The van der Waals surface area contributed by atoms with Crippen molar-refractivity contribution in [2.24, 2.45) is 22.7 Å². The molecule has 7 nitrogen and oxygen atoms in total. The van der Waals surface area contributed by atoms with Gasteiger partial charge >= 0.3 is 5.97 Å². The number of allylic oxidation sites excluding steroid dienone is 2. The molecule has 1 N–H and O–H groups in total. The average molecular weight is 475 g/mol. The van der Waals surface area contributed by atoms with Crippen LogP contribution in [0.15, 0.2) is 23.8 Å². The van der Waals surface area contributed by atoms with Crippen molar-refractivity contribution >= 4 is 17.5 Å². The largest absolute Gasteiger partial charge is 0.481 e. The van der Waals surface area contributed by atoms with Gasteiger partial charge in [-0.15, -0.1) is 0 Å². The van der Waals surface area contributed by atoms with Crippen LogP contribution in [0.1, 0.15) is 59.8 Å². The van der Waals surface area contributed by atoms with Gasteiger partial charge in [-0.3, -0.25) is 14.4 Å². The van der Waals surface area contributed by atoms with E-state index in [1.165, 1.54) is 12.2 Å². The Hall–Kier alpha value is -1.90. The number of fused-ring (bicyclic) bond motifs is 5. The van der Waals surface area contributed by atoms with Gasteiger partial charge in [0.05, 0.1) is 18.6 Å². The van der Waals surface area contributed by atoms with Gasteiger partial charge in [0.25, 0.3) is 0 Å². The highest BCUT2D eigenvalue weighted by atomic mass is 19.1. The fourth-order valence-electron chi connectivity index (χ4n) is 8.64. The van der Waals surface area contributed by atoms with Gasteiger partial charge in [0, 0.05) is 17.3 Å². The van der Waals surface area contributed by atoms with E-state index in [-0.39, 0.29) is 48.8 Å². The average Bonchev–Trinajstić information content (AvgIpc) is 3.32. The zero-order valence-electron chi connectivity index (χ0n) is 19.9. The fraction of sp³-hybridized carbons (Fsp3) is 0.731. The minimum absolute atomic E-state index is 0.108. The van der Waals surface area contributed by atoms with E-state index < -0.39 is 46.1 Å². The number of carboxylic acid groups (broad SMARTS) is 1. The lowest BCUT2D eigenvalue weighted by molar-refractivity contribution is -0.211. The second kappa shape index (κ2) is 6.45. The van der Waals surface area contributed by atoms with Crippen molar-refractivity contribution in [3.05, 3.63) is 23.8 Å². The summed E-state index contributed by atoms with van der Waals surface area (Å²) in [7, 11) is 0. The molecule has 5 fully saturated rings. The molecule has 0 aromatic carbocycles. The number of carbonyl (C=O) groups excluding carboxylic acids is 2. The molecule has 34 heavy (non-hydrogen) atoms. The Kier molecular flexibility index (Phi) is 4.28. The molecule has 9 atom stereocenters. The van der Waals surface area contributed by atoms with Gasteiger partial charge in [0.1, 0.15) is 11.8 Å². The van der Waals surface area contributed by atoms with E-state index in [0.717, 1.165) is 0 Å². The minimum atomic E-state index is -1.30. The third-order valence-electron chi connectivity index (χ3n) is 9.89. The number of halogens is 1. The third-order valence-corrected chi connectivity index (χ3v) is 9.89. The highest BCUT2D eigenvalue weighted by Crippen LogP contribution is 2.77. The molecule has 0 aromatic heterocycles. The Morgan fingerprint density at radius 3 is 2.53 bits per heavy atom. The van der Waals surface area contributed by atoms with Crippen LogP contribution >= 0.6 is 0 Å². The molecule has 6 rings (SSSR count). The number of epoxide rings is 1. The number of hydrogen-bond donors (Lipinski definition) is 1. The summed E-state index contributed by atoms with van der Waals surface area (Å²) in [6.45, 7) is 7.53. The first-order valence-electron chi connectivity index (χ1n) is 12.2. The lowest BCUT2D eigenvalue weighted by atomic mass is 9.46. The highest BCUT2D eigenvalue weighted by molar-refractivity contribution is 6.01.